The molecule has 0 unspecified atom stereocenters. The molecule has 1 heterocycles. The second kappa shape index (κ2) is 7.83. The molecule has 0 atom stereocenters. The van der Waals surface area contributed by atoms with Crippen molar-refractivity contribution in [3.05, 3.63) is 87.5 Å². The minimum absolute atomic E-state index is 0.451. The summed E-state index contributed by atoms with van der Waals surface area (Å²) in [5.74, 6) is -2.05. The molecule has 0 aliphatic heterocycles. The van der Waals surface area contributed by atoms with E-state index in [4.69, 9.17) is 4.74 Å². The monoisotopic (exact) mass is 381 g/mol. The molecule has 7 nitrogen and oxygen atoms in total. The molecule has 0 bridgehead atoms. The first kappa shape index (κ1) is 19.0. The van der Waals surface area contributed by atoms with Gasteiger partial charge >= 0.3 is 11.7 Å². The first-order valence-corrected chi connectivity index (χ1v) is 8.32. The fraction of sp³-hybridized carbons (Fsp3) is 0.100. The van der Waals surface area contributed by atoms with E-state index in [1.165, 1.54) is 6.08 Å². The van der Waals surface area contributed by atoms with E-state index in [0.717, 1.165) is 41.2 Å². The lowest BCUT2D eigenvalue weighted by molar-refractivity contribution is -0.385. The molecule has 8 heteroatoms. The van der Waals surface area contributed by atoms with Crippen LogP contribution in [0, 0.1) is 29.8 Å². The number of halogens is 1. The third kappa shape index (κ3) is 3.96. The van der Waals surface area contributed by atoms with Crippen LogP contribution in [0.15, 0.2) is 54.6 Å². The number of nitro groups is 1. The first-order chi connectivity index (χ1) is 13.4. The maximum atomic E-state index is 13.3. The van der Waals surface area contributed by atoms with Crippen LogP contribution in [0.5, 0.6) is 5.75 Å². The summed E-state index contributed by atoms with van der Waals surface area (Å²) >= 11 is 0. The number of rotatable bonds is 5. The Hall–Kier alpha value is -3.81. The van der Waals surface area contributed by atoms with E-state index < -0.39 is 28.1 Å². The number of aryl methyl sites for hydroxylation is 1. The maximum Gasteiger partial charge on any atom is 0.336 e. The van der Waals surface area contributed by atoms with Gasteiger partial charge in [0.25, 0.3) is 0 Å². The van der Waals surface area contributed by atoms with Gasteiger partial charge in [-0.2, -0.15) is 5.10 Å². The van der Waals surface area contributed by atoms with Gasteiger partial charge in [-0.25, -0.2) is 13.9 Å². The van der Waals surface area contributed by atoms with E-state index in [2.05, 4.69) is 5.10 Å². The summed E-state index contributed by atoms with van der Waals surface area (Å²) in [6, 6.07) is 12.2. The highest BCUT2D eigenvalue weighted by Gasteiger charge is 2.18. The van der Waals surface area contributed by atoms with Crippen LogP contribution in [0.3, 0.4) is 0 Å². The van der Waals surface area contributed by atoms with Crippen molar-refractivity contribution in [2.24, 2.45) is 0 Å². The van der Waals surface area contributed by atoms with Crippen LogP contribution in [0.2, 0.25) is 0 Å². The number of aromatic nitrogens is 2. The molecule has 0 fully saturated rings. The Balaban J connectivity index is 1.83. The summed E-state index contributed by atoms with van der Waals surface area (Å²) in [4.78, 5) is 22.3. The lowest BCUT2D eigenvalue weighted by Crippen LogP contribution is -2.06. The van der Waals surface area contributed by atoms with Gasteiger partial charge in [-0.1, -0.05) is 18.2 Å². The number of nitrogens with zero attached hydrogens (tertiary/aromatic N) is 3. The number of nitro benzene ring substituents is 1. The first-order valence-electron chi connectivity index (χ1n) is 8.32. The Bertz CT molecular complexity index is 1070. The fourth-order valence-corrected chi connectivity index (χ4v) is 2.73. The number of ether oxygens (including phenoxy) is 1. The zero-order valence-corrected chi connectivity index (χ0v) is 15.1. The molecule has 0 saturated carbocycles. The molecule has 3 aromatic rings. The average Bonchev–Trinajstić information content (AvgIpc) is 2.94. The Kier molecular flexibility index (Phi) is 5.30. The number of hydrogen-bond donors (Lipinski definition) is 0. The van der Waals surface area contributed by atoms with Crippen LogP contribution in [-0.4, -0.2) is 20.7 Å². The van der Waals surface area contributed by atoms with Gasteiger partial charge in [0.15, 0.2) is 0 Å². The second-order valence-electron chi connectivity index (χ2n) is 5.96. The molecule has 0 aliphatic carbocycles. The number of benzene rings is 2. The van der Waals surface area contributed by atoms with Crippen LogP contribution in [0.25, 0.3) is 11.8 Å². The molecule has 2 aromatic carbocycles. The van der Waals surface area contributed by atoms with Crippen LogP contribution in [-0.2, 0) is 4.79 Å². The van der Waals surface area contributed by atoms with Crippen LogP contribution >= 0.6 is 0 Å². The van der Waals surface area contributed by atoms with Crippen LogP contribution in [0.1, 0.15) is 17.0 Å². The smallest absolute Gasteiger partial charge is 0.336 e. The molecular formula is C20H16FN3O4. The molecule has 0 saturated heterocycles. The van der Waals surface area contributed by atoms with Gasteiger partial charge in [0.2, 0.25) is 5.75 Å². The predicted octanol–water partition coefficient (Wildman–Crippen LogP) is 4.16. The zero-order valence-electron chi connectivity index (χ0n) is 15.1. The molecule has 0 radical (unpaired) electrons. The number of carbonyl (C=O) groups excluding carboxylic acids is 1. The van der Waals surface area contributed by atoms with Gasteiger partial charge in [0.05, 0.1) is 16.3 Å². The van der Waals surface area contributed by atoms with E-state index in [9.17, 15) is 19.3 Å². The summed E-state index contributed by atoms with van der Waals surface area (Å²) in [6.07, 6.45) is 2.64. The third-order valence-electron chi connectivity index (χ3n) is 4.06. The van der Waals surface area contributed by atoms with Gasteiger partial charge in [0, 0.05) is 29.5 Å². The molecule has 3 rings (SSSR count). The largest absolute Gasteiger partial charge is 0.416 e. The van der Waals surface area contributed by atoms with Crippen molar-refractivity contribution >= 4 is 17.7 Å². The maximum absolute atomic E-state index is 13.3. The van der Waals surface area contributed by atoms with Crippen molar-refractivity contribution in [1.82, 2.24) is 9.78 Å². The number of hydrogen-bond acceptors (Lipinski definition) is 5. The normalized spacial score (nSPS) is 11.0. The molecule has 1 aromatic heterocycles. The predicted molar refractivity (Wildman–Crippen MR) is 101 cm³/mol. The van der Waals surface area contributed by atoms with Crippen molar-refractivity contribution < 1.29 is 18.8 Å². The number of para-hydroxylation sites is 1. The summed E-state index contributed by atoms with van der Waals surface area (Å²) < 4.78 is 20.0. The Labute approximate surface area is 159 Å². The van der Waals surface area contributed by atoms with Crippen LogP contribution < -0.4 is 4.74 Å². The standard InChI is InChI=1S/C20H16FN3O4/c1-13-17(14(2)23(22-13)16-6-4-3-5-7-16)9-11-20(25)28-19-12-15(21)8-10-18(19)24(26)27/h3-12H,1-2H3/b11-9+. The SMILES string of the molecule is Cc1nn(-c2ccccc2)c(C)c1/C=C/C(=O)Oc1cc(F)ccc1[N+](=O)[O-]. The van der Waals surface area contributed by atoms with E-state index >= 15 is 0 Å². The van der Waals surface area contributed by atoms with Crippen molar-refractivity contribution in [3.63, 3.8) is 0 Å². The Morgan fingerprint density at radius 2 is 1.93 bits per heavy atom. The van der Waals surface area contributed by atoms with Crippen molar-refractivity contribution in [1.29, 1.82) is 0 Å². The van der Waals surface area contributed by atoms with Gasteiger partial charge in [-0.3, -0.25) is 10.1 Å². The highest BCUT2D eigenvalue weighted by Crippen LogP contribution is 2.28. The highest BCUT2D eigenvalue weighted by atomic mass is 19.1. The van der Waals surface area contributed by atoms with Crippen molar-refractivity contribution in [2.45, 2.75) is 13.8 Å². The van der Waals surface area contributed by atoms with Crippen LogP contribution in [0.4, 0.5) is 10.1 Å². The Morgan fingerprint density at radius 1 is 1.21 bits per heavy atom. The average molecular weight is 381 g/mol. The number of esters is 1. The molecule has 142 valence electrons. The molecule has 0 amide bonds. The molecule has 0 spiro atoms. The summed E-state index contributed by atoms with van der Waals surface area (Å²) in [5, 5.41) is 15.4. The van der Waals surface area contributed by atoms with Crippen molar-refractivity contribution in [3.8, 4) is 11.4 Å². The topological polar surface area (TPSA) is 87.3 Å². The van der Waals surface area contributed by atoms with Gasteiger partial charge < -0.3 is 4.74 Å². The zero-order chi connectivity index (χ0) is 20.3. The summed E-state index contributed by atoms with van der Waals surface area (Å²) in [6.45, 7) is 3.66. The van der Waals surface area contributed by atoms with Gasteiger partial charge in [-0.05, 0) is 38.1 Å². The van der Waals surface area contributed by atoms with Gasteiger partial charge in [-0.15, -0.1) is 0 Å². The minimum Gasteiger partial charge on any atom is -0.416 e. The second-order valence-corrected chi connectivity index (χ2v) is 5.96. The fourth-order valence-electron chi connectivity index (χ4n) is 2.73. The number of carbonyl (C=O) groups is 1. The molecule has 0 N–H and O–H groups in total. The summed E-state index contributed by atoms with van der Waals surface area (Å²) in [5.41, 5.74) is 2.61. The van der Waals surface area contributed by atoms with Gasteiger partial charge in [0.1, 0.15) is 5.82 Å². The molecular weight excluding hydrogens is 365 g/mol. The highest BCUT2D eigenvalue weighted by molar-refractivity contribution is 5.89. The van der Waals surface area contributed by atoms with E-state index in [0.29, 0.717) is 5.69 Å². The van der Waals surface area contributed by atoms with E-state index in [-0.39, 0.29) is 0 Å². The minimum atomic E-state index is -0.861. The van der Waals surface area contributed by atoms with Crippen molar-refractivity contribution in [2.75, 3.05) is 0 Å². The van der Waals surface area contributed by atoms with E-state index in [1.807, 2.05) is 37.3 Å². The molecule has 28 heavy (non-hydrogen) atoms. The lowest BCUT2D eigenvalue weighted by Gasteiger charge is -2.04. The third-order valence-corrected chi connectivity index (χ3v) is 4.06. The summed E-state index contributed by atoms with van der Waals surface area (Å²) in [7, 11) is 0. The van der Waals surface area contributed by atoms with E-state index in [1.54, 1.807) is 11.6 Å². The quantitative estimate of drug-likeness (QED) is 0.218. The molecule has 0 aliphatic rings. The lowest BCUT2D eigenvalue weighted by atomic mass is 10.2. The Morgan fingerprint density at radius 3 is 2.61 bits per heavy atom.